The van der Waals surface area contributed by atoms with Crippen molar-refractivity contribution in [2.24, 2.45) is 5.92 Å². The van der Waals surface area contributed by atoms with Gasteiger partial charge in [0.1, 0.15) is 5.69 Å². The lowest BCUT2D eigenvalue weighted by Gasteiger charge is -2.42. The van der Waals surface area contributed by atoms with Gasteiger partial charge in [-0.05, 0) is 25.0 Å². The number of benzene rings is 1. The standard InChI is InChI=1S/C14H19BrF2N2/c1-8(2)13-7-19(9(3)6-18-13)14-11(16)4-10(15)5-12(14)17/h4-5,8-9,13,18H,6-7H2,1-3H3. The maximum Gasteiger partial charge on any atom is 0.150 e. The van der Waals surface area contributed by atoms with Crippen molar-refractivity contribution in [3.8, 4) is 0 Å². The smallest absolute Gasteiger partial charge is 0.150 e. The van der Waals surface area contributed by atoms with Gasteiger partial charge in [0, 0.05) is 29.6 Å². The lowest BCUT2D eigenvalue weighted by molar-refractivity contribution is 0.332. The number of nitrogens with one attached hydrogen (secondary N) is 1. The normalized spacial score (nSPS) is 24.1. The highest BCUT2D eigenvalue weighted by Gasteiger charge is 2.30. The Labute approximate surface area is 121 Å². The average molecular weight is 333 g/mol. The topological polar surface area (TPSA) is 15.3 Å². The summed E-state index contributed by atoms with van der Waals surface area (Å²) in [5.74, 6) is -0.595. The molecule has 2 rings (SSSR count). The van der Waals surface area contributed by atoms with Crippen molar-refractivity contribution in [1.29, 1.82) is 0 Å². The third-order valence-electron chi connectivity index (χ3n) is 3.67. The van der Waals surface area contributed by atoms with E-state index in [2.05, 4.69) is 35.1 Å². The van der Waals surface area contributed by atoms with Crippen molar-refractivity contribution >= 4 is 21.6 Å². The molecule has 0 amide bonds. The van der Waals surface area contributed by atoms with Crippen LogP contribution < -0.4 is 10.2 Å². The fourth-order valence-electron chi connectivity index (χ4n) is 2.46. The molecule has 5 heteroatoms. The molecule has 1 aliphatic heterocycles. The fourth-order valence-corrected chi connectivity index (χ4v) is 2.86. The molecule has 0 spiro atoms. The molecule has 0 radical (unpaired) electrons. The summed E-state index contributed by atoms with van der Waals surface area (Å²) >= 11 is 3.11. The minimum atomic E-state index is -0.511. The van der Waals surface area contributed by atoms with Crippen LogP contribution in [0.3, 0.4) is 0 Å². The third kappa shape index (κ3) is 3.08. The Morgan fingerprint density at radius 2 is 1.89 bits per heavy atom. The van der Waals surface area contributed by atoms with E-state index < -0.39 is 11.6 Å². The van der Waals surface area contributed by atoms with Gasteiger partial charge < -0.3 is 10.2 Å². The van der Waals surface area contributed by atoms with E-state index in [4.69, 9.17) is 0 Å². The molecule has 1 aliphatic rings. The summed E-state index contributed by atoms with van der Waals surface area (Å²) in [6.07, 6.45) is 0. The van der Waals surface area contributed by atoms with E-state index in [1.165, 1.54) is 12.1 Å². The summed E-state index contributed by atoms with van der Waals surface area (Å²) in [4.78, 5) is 1.83. The Morgan fingerprint density at radius 1 is 1.32 bits per heavy atom. The average Bonchev–Trinajstić information content (AvgIpc) is 2.29. The number of hydrogen-bond donors (Lipinski definition) is 1. The summed E-state index contributed by atoms with van der Waals surface area (Å²) < 4.78 is 28.6. The molecule has 0 aromatic heterocycles. The Bertz CT molecular complexity index is 442. The number of hydrogen-bond acceptors (Lipinski definition) is 2. The molecule has 0 saturated carbocycles. The monoisotopic (exact) mass is 332 g/mol. The Hall–Kier alpha value is -0.680. The summed E-state index contributed by atoms with van der Waals surface area (Å²) in [6, 6.07) is 2.95. The lowest BCUT2D eigenvalue weighted by atomic mass is 9.99. The summed E-state index contributed by atoms with van der Waals surface area (Å²) in [5.41, 5.74) is 0.0860. The molecule has 1 N–H and O–H groups in total. The van der Waals surface area contributed by atoms with Gasteiger partial charge in [0.15, 0.2) is 11.6 Å². The molecule has 0 bridgehead atoms. The second-order valence-corrected chi connectivity index (χ2v) is 6.39. The minimum Gasteiger partial charge on any atom is -0.361 e. The first-order valence-electron chi connectivity index (χ1n) is 6.54. The van der Waals surface area contributed by atoms with Crippen molar-refractivity contribution in [1.82, 2.24) is 5.32 Å². The first-order chi connectivity index (χ1) is 8.90. The first-order valence-corrected chi connectivity index (χ1v) is 7.34. The van der Waals surface area contributed by atoms with Gasteiger partial charge >= 0.3 is 0 Å². The van der Waals surface area contributed by atoms with Crippen LogP contribution in [0.25, 0.3) is 0 Å². The van der Waals surface area contributed by atoms with E-state index in [0.29, 0.717) is 16.9 Å². The Balaban J connectivity index is 2.34. The van der Waals surface area contributed by atoms with Crippen molar-refractivity contribution in [2.75, 3.05) is 18.0 Å². The molecule has 1 aromatic rings. The predicted octanol–water partition coefficient (Wildman–Crippen LogP) is 3.55. The molecule has 1 heterocycles. The number of halogens is 3. The van der Waals surface area contributed by atoms with Crippen molar-refractivity contribution in [3.63, 3.8) is 0 Å². The van der Waals surface area contributed by atoms with Gasteiger partial charge in [0.2, 0.25) is 0 Å². The van der Waals surface area contributed by atoms with Gasteiger partial charge in [-0.3, -0.25) is 0 Å². The zero-order valence-corrected chi connectivity index (χ0v) is 13.0. The molecular weight excluding hydrogens is 314 g/mol. The highest BCUT2D eigenvalue weighted by atomic mass is 79.9. The van der Waals surface area contributed by atoms with Crippen LogP contribution in [-0.4, -0.2) is 25.2 Å². The number of nitrogens with zero attached hydrogens (tertiary/aromatic N) is 1. The van der Waals surface area contributed by atoms with Crippen molar-refractivity contribution in [3.05, 3.63) is 28.2 Å². The maximum absolute atomic E-state index is 14.1. The molecule has 2 unspecified atom stereocenters. The van der Waals surface area contributed by atoms with E-state index in [0.717, 1.165) is 6.54 Å². The zero-order valence-electron chi connectivity index (χ0n) is 11.4. The molecule has 1 aromatic carbocycles. The van der Waals surface area contributed by atoms with E-state index in [1.807, 2.05) is 11.8 Å². The molecule has 106 valence electrons. The van der Waals surface area contributed by atoms with Crippen LogP contribution in [0.5, 0.6) is 0 Å². The highest BCUT2D eigenvalue weighted by Crippen LogP contribution is 2.30. The highest BCUT2D eigenvalue weighted by molar-refractivity contribution is 9.10. The van der Waals surface area contributed by atoms with Gasteiger partial charge in [-0.1, -0.05) is 29.8 Å². The number of anilines is 1. The molecule has 0 aliphatic carbocycles. The molecular formula is C14H19BrF2N2. The Morgan fingerprint density at radius 3 is 2.42 bits per heavy atom. The van der Waals surface area contributed by atoms with Crippen LogP contribution in [0.2, 0.25) is 0 Å². The summed E-state index contributed by atoms with van der Waals surface area (Å²) in [5, 5.41) is 3.42. The first kappa shape index (κ1) is 14.7. The van der Waals surface area contributed by atoms with Crippen molar-refractivity contribution < 1.29 is 8.78 Å². The van der Waals surface area contributed by atoms with E-state index in [1.54, 1.807) is 0 Å². The van der Waals surface area contributed by atoms with Crippen LogP contribution in [0, 0.1) is 17.6 Å². The largest absolute Gasteiger partial charge is 0.361 e. The second kappa shape index (κ2) is 5.75. The SMILES string of the molecule is CC(C)C1CN(c2c(F)cc(Br)cc2F)C(C)CN1. The quantitative estimate of drug-likeness (QED) is 0.890. The van der Waals surface area contributed by atoms with Gasteiger partial charge in [-0.15, -0.1) is 0 Å². The van der Waals surface area contributed by atoms with Crippen LogP contribution in [-0.2, 0) is 0 Å². The zero-order chi connectivity index (χ0) is 14.2. The van der Waals surface area contributed by atoms with Gasteiger partial charge in [0.05, 0.1) is 0 Å². The summed E-state index contributed by atoms with van der Waals surface area (Å²) in [6.45, 7) is 7.55. The minimum absolute atomic E-state index is 0.0696. The van der Waals surface area contributed by atoms with E-state index in [9.17, 15) is 8.78 Å². The van der Waals surface area contributed by atoms with Gasteiger partial charge in [-0.25, -0.2) is 8.78 Å². The van der Waals surface area contributed by atoms with Crippen LogP contribution in [0.4, 0.5) is 14.5 Å². The Kier molecular flexibility index (Phi) is 4.46. The van der Waals surface area contributed by atoms with E-state index >= 15 is 0 Å². The molecule has 2 nitrogen and oxygen atoms in total. The van der Waals surface area contributed by atoms with E-state index in [-0.39, 0.29) is 17.8 Å². The van der Waals surface area contributed by atoms with Gasteiger partial charge in [-0.2, -0.15) is 0 Å². The van der Waals surface area contributed by atoms with Crippen LogP contribution in [0.15, 0.2) is 16.6 Å². The molecule has 2 atom stereocenters. The van der Waals surface area contributed by atoms with Crippen molar-refractivity contribution in [2.45, 2.75) is 32.9 Å². The third-order valence-corrected chi connectivity index (χ3v) is 4.13. The molecule has 19 heavy (non-hydrogen) atoms. The maximum atomic E-state index is 14.1. The van der Waals surface area contributed by atoms with Crippen LogP contribution >= 0.6 is 15.9 Å². The predicted molar refractivity (Wildman–Crippen MR) is 77.5 cm³/mol. The van der Waals surface area contributed by atoms with Gasteiger partial charge in [0.25, 0.3) is 0 Å². The number of piperazine rings is 1. The van der Waals surface area contributed by atoms with Crippen LogP contribution in [0.1, 0.15) is 20.8 Å². The molecule has 1 fully saturated rings. The second-order valence-electron chi connectivity index (χ2n) is 5.48. The number of rotatable bonds is 2. The molecule has 1 saturated heterocycles. The summed E-state index contributed by atoms with van der Waals surface area (Å²) in [7, 11) is 0. The fraction of sp³-hybridized carbons (Fsp3) is 0.571. The lowest BCUT2D eigenvalue weighted by Crippen LogP contribution is -2.57.